The Kier molecular flexibility index (Phi) is 4.46. The van der Waals surface area contributed by atoms with Crippen LogP contribution >= 0.6 is 23.2 Å². The number of alkyl halides is 2. The first kappa shape index (κ1) is 19.0. The Bertz CT molecular complexity index is 1020. The Morgan fingerprint density at radius 2 is 1.59 bits per heavy atom. The lowest BCUT2D eigenvalue weighted by atomic mass is 10.1. The second-order valence-corrected chi connectivity index (χ2v) is 10.8. The van der Waals surface area contributed by atoms with Crippen LogP contribution in [-0.4, -0.2) is 54.0 Å². The van der Waals surface area contributed by atoms with Crippen LogP contribution in [0.2, 0.25) is 0 Å². The maximum Gasteiger partial charge on any atom is 0.243 e. The van der Waals surface area contributed by atoms with Gasteiger partial charge in [-0.25, -0.2) is 8.42 Å². The summed E-state index contributed by atoms with van der Waals surface area (Å²) >= 11 is 12.2. The molecule has 1 unspecified atom stereocenters. The first-order chi connectivity index (χ1) is 12.6. The zero-order chi connectivity index (χ0) is 19.4. The van der Waals surface area contributed by atoms with Gasteiger partial charge in [0.05, 0.1) is 10.3 Å². The van der Waals surface area contributed by atoms with Gasteiger partial charge < -0.3 is 4.90 Å². The molecule has 0 aromatic heterocycles. The third-order valence-electron chi connectivity index (χ3n) is 5.61. The highest BCUT2D eigenvalue weighted by molar-refractivity contribution is 7.89. The van der Waals surface area contributed by atoms with Crippen molar-refractivity contribution >= 4 is 49.9 Å². The van der Waals surface area contributed by atoms with E-state index in [1.54, 1.807) is 24.0 Å². The predicted octanol–water partition coefficient (Wildman–Crippen LogP) is 3.26. The van der Waals surface area contributed by atoms with E-state index in [1.807, 2.05) is 30.3 Å². The summed E-state index contributed by atoms with van der Waals surface area (Å²) in [6, 6.07) is 12.8. The molecule has 144 valence electrons. The molecule has 27 heavy (non-hydrogen) atoms. The number of rotatable bonds is 3. The van der Waals surface area contributed by atoms with Gasteiger partial charge in [0.1, 0.15) is 4.33 Å². The number of hydrogen-bond donors (Lipinski definition) is 0. The lowest BCUT2D eigenvalue weighted by Crippen LogP contribution is -2.52. The van der Waals surface area contributed by atoms with Gasteiger partial charge >= 0.3 is 0 Å². The number of fused-ring (bicyclic) bond motifs is 1. The molecule has 0 bridgehead atoms. The van der Waals surface area contributed by atoms with Gasteiger partial charge in [-0.1, -0.05) is 30.3 Å². The van der Waals surface area contributed by atoms with Crippen molar-refractivity contribution in [1.29, 1.82) is 0 Å². The molecule has 1 saturated carbocycles. The molecule has 2 aromatic rings. The van der Waals surface area contributed by atoms with Crippen LogP contribution < -0.4 is 0 Å². The van der Waals surface area contributed by atoms with E-state index in [1.165, 1.54) is 4.31 Å². The molecule has 1 saturated heterocycles. The summed E-state index contributed by atoms with van der Waals surface area (Å²) in [7, 11) is -3.60. The van der Waals surface area contributed by atoms with Crippen molar-refractivity contribution in [2.45, 2.75) is 22.6 Å². The van der Waals surface area contributed by atoms with Gasteiger partial charge in [0, 0.05) is 26.2 Å². The highest BCUT2D eigenvalue weighted by Gasteiger charge is 2.68. The topological polar surface area (TPSA) is 57.7 Å². The number of carbonyl (C=O) groups is 1. The number of amides is 1. The molecule has 4 rings (SSSR count). The Hall–Kier alpha value is -1.34. The fraction of sp³-hybridized carbons (Fsp3) is 0.421. The fourth-order valence-corrected chi connectivity index (χ4v) is 5.74. The fourth-order valence-electron chi connectivity index (χ4n) is 3.59. The van der Waals surface area contributed by atoms with Gasteiger partial charge in [-0.2, -0.15) is 4.31 Å². The van der Waals surface area contributed by atoms with Gasteiger partial charge in [-0.05, 0) is 36.2 Å². The second kappa shape index (κ2) is 6.34. The first-order valence-electron chi connectivity index (χ1n) is 8.81. The van der Waals surface area contributed by atoms with Gasteiger partial charge in [-0.15, -0.1) is 23.2 Å². The number of sulfonamides is 1. The zero-order valence-corrected chi connectivity index (χ0v) is 17.2. The van der Waals surface area contributed by atoms with Crippen molar-refractivity contribution in [3.63, 3.8) is 0 Å². The third kappa shape index (κ3) is 3.12. The standard InChI is InChI=1S/C19H20Cl2N2O3S/c1-18(13-19(18,20)21)17(24)22-8-10-23(11-9-22)27(25,26)16-7-6-14-4-2-3-5-15(14)12-16/h2-7,12H,8-11,13H2,1H3. The second-order valence-electron chi connectivity index (χ2n) is 7.42. The smallest absolute Gasteiger partial charge is 0.243 e. The summed E-state index contributed by atoms with van der Waals surface area (Å²) < 4.78 is 26.4. The molecule has 0 radical (unpaired) electrons. The van der Waals surface area contributed by atoms with E-state index >= 15 is 0 Å². The highest BCUT2D eigenvalue weighted by Crippen LogP contribution is 2.64. The Morgan fingerprint density at radius 3 is 2.19 bits per heavy atom. The average molecular weight is 427 g/mol. The maximum atomic E-state index is 13.0. The van der Waals surface area contributed by atoms with Crippen LogP contribution in [0.3, 0.4) is 0 Å². The van der Waals surface area contributed by atoms with Crippen LogP contribution in [-0.2, 0) is 14.8 Å². The molecular formula is C19H20Cl2N2O3S. The van der Waals surface area contributed by atoms with Crippen LogP contribution in [0.25, 0.3) is 10.8 Å². The summed E-state index contributed by atoms with van der Waals surface area (Å²) in [5.74, 6) is -0.102. The molecule has 0 spiro atoms. The minimum absolute atomic E-state index is 0.102. The molecule has 1 aliphatic carbocycles. The lowest BCUT2D eigenvalue weighted by molar-refractivity contribution is -0.137. The zero-order valence-electron chi connectivity index (χ0n) is 14.9. The summed E-state index contributed by atoms with van der Waals surface area (Å²) in [6.45, 7) is 2.95. The summed E-state index contributed by atoms with van der Waals surface area (Å²) in [5, 5.41) is 1.88. The van der Waals surface area contributed by atoms with E-state index in [0.29, 0.717) is 19.5 Å². The molecule has 0 N–H and O–H groups in total. The number of carbonyl (C=O) groups excluding carboxylic acids is 1. The minimum atomic E-state index is -3.60. The van der Waals surface area contributed by atoms with Gasteiger partial charge in [0.15, 0.2) is 0 Å². The number of hydrogen-bond acceptors (Lipinski definition) is 3. The van der Waals surface area contributed by atoms with E-state index in [2.05, 4.69) is 0 Å². The van der Waals surface area contributed by atoms with Gasteiger partial charge in [0.2, 0.25) is 15.9 Å². The normalized spacial score (nSPS) is 25.5. The van der Waals surface area contributed by atoms with E-state index in [4.69, 9.17) is 23.2 Å². The molecule has 2 fully saturated rings. The van der Waals surface area contributed by atoms with E-state index < -0.39 is 19.8 Å². The summed E-state index contributed by atoms with van der Waals surface area (Å²) in [5.41, 5.74) is -0.768. The van der Waals surface area contributed by atoms with Crippen molar-refractivity contribution in [2.75, 3.05) is 26.2 Å². The molecular weight excluding hydrogens is 407 g/mol. The van der Waals surface area contributed by atoms with Crippen molar-refractivity contribution in [1.82, 2.24) is 9.21 Å². The van der Waals surface area contributed by atoms with Crippen LogP contribution in [0.5, 0.6) is 0 Å². The third-order valence-corrected chi connectivity index (χ3v) is 8.61. The van der Waals surface area contributed by atoms with Crippen molar-refractivity contribution in [2.24, 2.45) is 5.41 Å². The molecule has 2 aromatic carbocycles. The van der Waals surface area contributed by atoms with Crippen LogP contribution in [0.1, 0.15) is 13.3 Å². The molecule has 1 aliphatic heterocycles. The summed E-state index contributed by atoms with van der Waals surface area (Å²) in [6.07, 6.45) is 0.428. The number of benzene rings is 2. The Balaban J connectivity index is 1.49. The van der Waals surface area contributed by atoms with Crippen molar-refractivity contribution in [3.05, 3.63) is 42.5 Å². The molecule has 1 amide bonds. The molecule has 1 heterocycles. The van der Waals surface area contributed by atoms with Gasteiger partial charge in [-0.3, -0.25) is 4.79 Å². The maximum absolute atomic E-state index is 13.0. The van der Waals surface area contributed by atoms with Crippen LogP contribution in [0.15, 0.2) is 47.4 Å². The Labute approximate surface area is 168 Å². The monoisotopic (exact) mass is 426 g/mol. The van der Waals surface area contributed by atoms with E-state index in [-0.39, 0.29) is 23.9 Å². The van der Waals surface area contributed by atoms with Gasteiger partial charge in [0.25, 0.3) is 0 Å². The van der Waals surface area contributed by atoms with Crippen molar-refractivity contribution in [3.8, 4) is 0 Å². The largest absolute Gasteiger partial charge is 0.339 e. The first-order valence-corrected chi connectivity index (χ1v) is 11.0. The van der Waals surface area contributed by atoms with Crippen LogP contribution in [0, 0.1) is 5.41 Å². The molecule has 5 nitrogen and oxygen atoms in total. The number of piperazine rings is 1. The number of halogens is 2. The molecule has 8 heteroatoms. The lowest BCUT2D eigenvalue weighted by Gasteiger charge is -2.35. The van der Waals surface area contributed by atoms with E-state index in [0.717, 1.165) is 10.8 Å². The van der Waals surface area contributed by atoms with E-state index in [9.17, 15) is 13.2 Å². The van der Waals surface area contributed by atoms with Crippen molar-refractivity contribution < 1.29 is 13.2 Å². The highest BCUT2D eigenvalue weighted by atomic mass is 35.5. The predicted molar refractivity (Wildman–Crippen MR) is 106 cm³/mol. The molecule has 2 aliphatic rings. The minimum Gasteiger partial charge on any atom is -0.339 e. The SMILES string of the molecule is CC1(C(=O)N2CCN(S(=O)(=O)c3ccc4ccccc4c3)CC2)CC1(Cl)Cl. The Morgan fingerprint density at radius 1 is 1.00 bits per heavy atom. The quantitative estimate of drug-likeness (QED) is 0.707. The number of nitrogens with zero attached hydrogens (tertiary/aromatic N) is 2. The van der Waals surface area contributed by atoms with Crippen LogP contribution in [0.4, 0.5) is 0 Å². The molecule has 1 atom stereocenters. The average Bonchev–Trinajstić information content (AvgIpc) is 3.19. The summed E-state index contributed by atoms with van der Waals surface area (Å²) in [4.78, 5) is 14.6.